The summed E-state index contributed by atoms with van der Waals surface area (Å²) in [7, 11) is 6.10. The van der Waals surface area contributed by atoms with Crippen LogP contribution in [0.2, 0.25) is 0 Å². The first-order valence-electron chi connectivity index (χ1n) is 7.73. The van der Waals surface area contributed by atoms with Crippen molar-refractivity contribution in [2.24, 2.45) is 7.05 Å². The molecule has 0 amide bonds. The van der Waals surface area contributed by atoms with Crippen molar-refractivity contribution in [3.8, 4) is 0 Å². The highest BCUT2D eigenvalue weighted by Crippen LogP contribution is 2.21. The number of nitrogens with zero attached hydrogens (tertiary/aromatic N) is 5. The molecule has 0 aliphatic heterocycles. The van der Waals surface area contributed by atoms with Crippen molar-refractivity contribution in [2.45, 2.75) is 46.8 Å². The average Bonchev–Trinajstić information content (AvgIpc) is 2.86. The van der Waals surface area contributed by atoms with E-state index in [2.05, 4.69) is 66.0 Å². The summed E-state index contributed by atoms with van der Waals surface area (Å²) in [4.78, 5) is 2.11. The van der Waals surface area contributed by atoms with Crippen LogP contribution < -0.4 is 10.2 Å². The first kappa shape index (κ1) is 16.5. The largest absolute Gasteiger partial charge is 0.363 e. The number of hydrogen-bond acceptors (Lipinski definition) is 4. The Balaban J connectivity index is 2.02. The molecule has 0 spiro atoms. The SMILES string of the molecule is Cc1cc(C)n(CC(C)NCc2c(C)nn(C)c2N(C)C)n1. The van der Waals surface area contributed by atoms with E-state index >= 15 is 0 Å². The number of aryl methyl sites for hydroxylation is 4. The minimum Gasteiger partial charge on any atom is -0.363 e. The maximum atomic E-state index is 4.53. The molecule has 2 aromatic heterocycles. The third kappa shape index (κ3) is 3.50. The van der Waals surface area contributed by atoms with E-state index in [-0.39, 0.29) is 0 Å². The fourth-order valence-electron chi connectivity index (χ4n) is 2.92. The second-order valence-corrected chi connectivity index (χ2v) is 6.30. The first-order chi connectivity index (χ1) is 10.3. The Bertz CT molecular complexity index is 637. The zero-order valence-electron chi connectivity index (χ0n) is 14.8. The van der Waals surface area contributed by atoms with E-state index in [0.29, 0.717) is 6.04 Å². The molecule has 2 heterocycles. The molecular weight excluding hydrogens is 276 g/mol. The van der Waals surface area contributed by atoms with Gasteiger partial charge in [0.15, 0.2) is 0 Å². The molecule has 2 rings (SSSR count). The minimum absolute atomic E-state index is 0.340. The van der Waals surface area contributed by atoms with Gasteiger partial charge in [-0.3, -0.25) is 9.36 Å². The molecule has 2 aromatic rings. The van der Waals surface area contributed by atoms with Gasteiger partial charge in [-0.2, -0.15) is 10.2 Å². The van der Waals surface area contributed by atoms with Gasteiger partial charge in [0.1, 0.15) is 5.82 Å². The van der Waals surface area contributed by atoms with E-state index in [4.69, 9.17) is 0 Å². The Kier molecular flexibility index (Phi) is 4.90. The van der Waals surface area contributed by atoms with Gasteiger partial charge in [0.05, 0.1) is 17.9 Å². The van der Waals surface area contributed by atoms with Crippen LogP contribution in [0.5, 0.6) is 0 Å². The maximum absolute atomic E-state index is 4.53. The van der Waals surface area contributed by atoms with Crippen molar-refractivity contribution in [2.75, 3.05) is 19.0 Å². The smallest absolute Gasteiger partial charge is 0.130 e. The van der Waals surface area contributed by atoms with Gasteiger partial charge in [-0.15, -0.1) is 0 Å². The molecule has 6 nitrogen and oxygen atoms in total. The number of nitrogens with one attached hydrogen (secondary N) is 1. The van der Waals surface area contributed by atoms with Crippen LogP contribution in [-0.2, 0) is 20.1 Å². The molecule has 0 fully saturated rings. The molecule has 0 aliphatic carbocycles. The average molecular weight is 304 g/mol. The molecule has 1 atom stereocenters. The topological polar surface area (TPSA) is 50.9 Å². The van der Waals surface area contributed by atoms with Crippen LogP contribution in [0.15, 0.2) is 6.07 Å². The van der Waals surface area contributed by atoms with Crippen molar-refractivity contribution >= 4 is 5.82 Å². The Morgan fingerprint density at radius 2 is 1.91 bits per heavy atom. The van der Waals surface area contributed by atoms with E-state index in [0.717, 1.165) is 30.3 Å². The Labute approximate surface area is 133 Å². The highest BCUT2D eigenvalue weighted by Gasteiger charge is 2.16. The van der Waals surface area contributed by atoms with Gasteiger partial charge in [0.25, 0.3) is 0 Å². The highest BCUT2D eigenvalue weighted by molar-refractivity contribution is 5.48. The second kappa shape index (κ2) is 6.52. The van der Waals surface area contributed by atoms with Gasteiger partial charge in [0, 0.05) is 45.0 Å². The Morgan fingerprint density at radius 1 is 1.23 bits per heavy atom. The van der Waals surface area contributed by atoms with Crippen LogP contribution in [0.4, 0.5) is 5.82 Å². The zero-order valence-corrected chi connectivity index (χ0v) is 14.8. The predicted molar refractivity (Wildman–Crippen MR) is 90.3 cm³/mol. The van der Waals surface area contributed by atoms with Gasteiger partial charge in [-0.1, -0.05) is 0 Å². The molecule has 22 heavy (non-hydrogen) atoms. The van der Waals surface area contributed by atoms with Crippen molar-refractivity contribution < 1.29 is 0 Å². The number of rotatable bonds is 6. The van der Waals surface area contributed by atoms with Gasteiger partial charge < -0.3 is 10.2 Å². The molecule has 1 unspecified atom stereocenters. The zero-order chi connectivity index (χ0) is 16.4. The summed E-state index contributed by atoms with van der Waals surface area (Å²) in [6.07, 6.45) is 0. The lowest BCUT2D eigenvalue weighted by Crippen LogP contribution is -2.31. The summed E-state index contributed by atoms with van der Waals surface area (Å²) in [5.41, 5.74) is 4.62. The third-order valence-electron chi connectivity index (χ3n) is 3.91. The minimum atomic E-state index is 0.340. The van der Waals surface area contributed by atoms with Crippen LogP contribution in [0.3, 0.4) is 0 Å². The molecule has 1 N–H and O–H groups in total. The monoisotopic (exact) mass is 304 g/mol. The van der Waals surface area contributed by atoms with E-state index in [1.165, 1.54) is 11.3 Å². The van der Waals surface area contributed by atoms with Gasteiger partial charge in [0.2, 0.25) is 0 Å². The standard InChI is InChI=1S/C16H28N6/c1-11-8-13(3)22(18-11)10-12(2)17-9-15-14(4)19-21(7)16(15)20(5)6/h8,12,17H,9-10H2,1-7H3. The molecule has 0 radical (unpaired) electrons. The van der Waals surface area contributed by atoms with Crippen LogP contribution in [-0.4, -0.2) is 39.7 Å². The van der Waals surface area contributed by atoms with E-state index < -0.39 is 0 Å². The summed E-state index contributed by atoms with van der Waals surface area (Å²) >= 11 is 0. The number of aromatic nitrogens is 4. The Morgan fingerprint density at radius 3 is 2.45 bits per heavy atom. The summed E-state index contributed by atoms with van der Waals surface area (Å²) in [5.74, 6) is 1.16. The number of anilines is 1. The Hall–Kier alpha value is -1.82. The fourth-order valence-corrected chi connectivity index (χ4v) is 2.92. The molecule has 0 saturated heterocycles. The summed E-state index contributed by atoms with van der Waals surface area (Å²) in [6, 6.07) is 2.45. The lowest BCUT2D eigenvalue weighted by Gasteiger charge is -2.18. The van der Waals surface area contributed by atoms with Crippen molar-refractivity contribution in [1.29, 1.82) is 0 Å². The lowest BCUT2D eigenvalue weighted by molar-refractivity contribution is 0.443. The molecule has 0 aliphatic rings. The number of hydrogen-bond donors (Lipinski definition) is 1. The fraction of sp³-hybridized carbons (Fsp3) is 0.625. The van der Waals surface area contributed by atoms with Crippen molar-refractivity contribution in [3.63, 3.8) is 0 Å². The van der Waals surface area contributed by atoms with Gasteiger partial charge >= 0.3 is 0 Å². The summed E-state index contributed by atoms with van der Waals surface area (Å²) in [6.45, 7) is 10.1. The van der Waals surface area contributed by atoms with E-state index in [1.54, 1.807) is 0 Å². The van der Waals surface area contributed by atoms with E-state index in [9.17, 15) is 0 Å². The predicted octanol–water partition coefficient (Wildman–Crippen LogP) is 1.79. The molecule has 122 valence electrons. The molecule has 0 saturated carbocycles. The molecule has 0 aromatic carbocycles. The third-order valence-corrected chi connectivity index (χ3v) is 3.91. The quantitative estimate of drug-likeness (QED) is 0.884. The van der Waals surface area contributed by atoms with Crippen LogP contribution in [0.1, 0.15) is 29.6 Å². The van der Waals surface area contributed by atoms with Crippen LogP contribution >= 0.6 is 0 Å². The second-order valence-electron chi connectivity index (χ2n) is 6.30. The van der Waals surface area contributed by atoms with E-state index in [1.807, 2.05) is 18.7 Å². The van der Waals surface area contributed by atoms with Crippen LogP contribution in [0, 0.1) is 20.8 Å². The maximum Gasteiger partial charge on any atom is 0.130 e. The molecular formula is C16H28N6. The first-order valence-corrected chi connectivity index (χ1v) is 7.73. The summed E-state index contributed by atoms with van der Waals surface area (Å²) in [5, 5.41) is 12.6. The van der Waals surface area contributed by atoms with Crippen molar-refractivity contribution in [3.05, 3.63) is 28.7 Å². The van der Waals surface area contributed by atoms with Crippen LogP contribution in [0.25, 0.3) is 0 Å². The molecule has 6 heteroatoms. The highest BCUT2D eigenvalue weighted by atomic mass is 15.4. The van der Waals surface area contributed by atoms with Crippen molar-refractivity contribution in [1.82, 2.24) is 24.9 Å². The van der Waals surface area contributed by atoms with Gasteiger partial charge in [-0.25, -0.2) is 0 Å². The summed E-state index contributed by atoms with van der Waals surface area (Å²) < 4.78 is 4.01. The normalized spacial score (nSPS) is 12.7. The van der Waals surface area contributed by atoms with Gasteiger partial charge in [-0.05, 0) is 33.8 Å². The molecule has 0 bridgehead atoms. The lowest BCUT2D eigenvalue weighted by atomic mass is 10.2.